The molecule has 1 fully saturated rings. The van der Waals surface area contributed by atoms with E-state index < -0.39 is 5.97 Å². The molecule has 112 valence electrons. The molecule has 0 spiro atoms. The summed E-state index contributed by atoms with van der Waals surface area (Å²) >= 11 is 0. The maximum absolute atomic E-state index is 12.0. The lowest BCUT2D eigenvalue weighted by Crippen LogP contribution is -2.46. The molecule has 1 rings (SSSR count). The standard InChI is InChI=1S/C15H23NO4/c1-4-15(3)9-12(17)16(13(18)10-15)8-7-11(2)5-6-14(19)20/h7H,4-6,8-10H2,1-3H3,(H,19,20). The molecule has 5 heteroatoms. The van der Waals surface area contributed by atoms with Gasteiger partial charge in [-0.25, -0.2) is 0 Å². The molecule has 0 atom stereocenters. The zero-order chi connectivity index (χ0) is 15.3. The van der Waals surface area contributed by atoms with Gasteiger partial charge in [-0.05, 0) is 25.2 Å². The quantitative estimate of drug-likeness (QED) is 0.599. The zero-order valence-electron chi connectivity index (χ0n) is 12.4. The first-order valence-corrected chi connectivity index (χ1v) is 6.98. The third kappa shape index (κ3) is 4.47. The van der Waals surface area contributed by atoms with Crippen LogP contribution in [0.25, 0.3) is 0 Å². The number of carboxylic acid groups (broad SMARTS) is 1. The maximum atomic E-state index is 12.0. The second-order valence-corrected chi connectivity index (χ2v) is 5.86. The SMILES string of the molecule is CCC1(C)CC(=O)N(CC=C(C)CCC(=O)O)C(=O)C1. The van der Waals surface area contributed by atoms with E-state index in [2.05, 4.69) is 0 Å². The Morgan fingerprint density at radius 1 is 1.30 bits per heavy atom. The molecule has 0 aromatic carbocycles. The molecule has 0 radical (unpaired) electrons. The Morgan fingerprint density at radius 3 is 2.30 bits per heavy atom. The minimum Gasteiger partial charge on any atom is -0.481 e. The molecule has 20 heavy (non-hydrogen) atoms. The molecule has 0 aromatic rings. The summed E-state index contributed by atoms with van der Waals surface area (Å²) in [6, 6.07) is 0. The molecular weight excluding hydrogens is 258 g/mol. The molecular formula is C15H23NO4. The fourth-order valence-electron chi connectivity index (χ4n) is 2.23. The minimum atomic E-state index is -0.846. The Morgan fingerprint density at radius 2 is 1.85 bits per heavy atom. The van der Waals surface area contributed by atoms with Crippen molar-refractivity contribution in [2.45, 2.75) is 52.9 Å². The van der Waals surface area contributed by atoms with Crippen LogP contribution in [0.4, 0.5) is 0 Å². The van der Waals surface area contributed by atoms with E-state index in [1.54, 1.807) is 6.08 Å². The van der Waals surface area contributed by atoms with Gasteiger partial charge in [-0.3, -0.25) is 19.3 Å². The van der Waals surface area contributed by atoms with Gasteiger partial charge in [0.2, 0.25) is 11.8 Å². The lowest BCUT2D eigenvalue weighted by Gasteiger charge is -2.36. The van der Waals surface area contributed by atoms with Crippen LogP contribution in [0.3, 0.4) is 0 Å². The molecule has 5 nitrogen and oxygen atoms in total. The molecule has 1 aliphatic heterocycles. The number of amides is 2. The lowest BCUT2D eigenvalue weighted by atomic mass is 9.77. The molecule has 2 amide bonds. The summed E-state index contributed by atoms with van der Waals surface area (Å²) in [5.41, 5.74) is 0.670. The monoisotopic (exact) mass is 281 g/mol. The van der Waals surface area contributed by atoms with Crippen molar-refractivity contribution in [3.8, 4) is 0 Å². The molecule has 0 saturated carbocycles. The van der Waals surface area contributed by atoms with E-state index >= 15 is 0 Å². The van der Waals surface area contributed by atoms with Crippen LogP contribution in [-0.2, 0) is 14.4 Å². The average molecular weight is 281 g/mol. The normalized spacial score (nSPS) is 19.4. The second kappa shape index (κ2) is 6.68. The molecule has 1 aliphatic rings. The van der Waals surface area contributed by atoms with Crippen LogP contribution in [0.15, 0.2) is 11.6 Å². The van der Waals surface area contributed by atoms with E-state index in [4.69, 9.17) is 5.11 Å². The van der Waals surface area contributed by atoms with E-state index in [1.165, 1.54) is 4.90 Å². The van der Waals surface area contributed by atoms with Gasteiger partial charge in [0.1, 0.15) is 0 Å². The van der Waals surface area contributed by atoms with Gasteiger partial charge in [-0.1, -0.05) is 25.5 Å². The Bertz CT molecular complexity index is 421. The highest BCUT2D eigenvalue weighted by molar-refractivity contribution is 5.98. The number of piperidine rings is 1. The maximum Gasteiger partial charge on any atom is 0.303 e. The van der Waals surface area contributed by atoms with Crippen molar-refractivity contribution in [2.24, 2.45) is 5.41 Å². The van der Waals surface area contributed by atoms with E-state index in [0.29, 0.717) is 19.3 Å². The van der Waals surface area contributed by atoms with Crippen molar-refractivity contribution in [3.05, 3.63) is 11.6 Å². The predicted molar refractivity (Wildman–Crippen MR) is 75.0 cm³/mol. The Hall–Kier alpha value is -1.65. The van der Waals surface area contributed by atoms with Gasteiger partial charge in [0, 0.05) is 25.8 Å². The fourth-order valence-corrected chi connectivity index (χ4v) is 2.23. The summed E-state index contributed by atoms with van der Waals surface area (Å²) in [7, 11) is 0. The van der Waals surface area contributed by atoms with Crippen molar-refractivity contribution >= 4 is 17.8 Å². The first-order chi connectivity index (χ1) is 9.27. The van der Waals surface area contributed by atoms with Crippen molar-refractivity contribution in [1.82, 2.24) is 4.90 Å². The highest BCUT2D eigenvalue weighted by Crippen LogP contribution is 2.35. The van der Waals surface area contributed by atoms with Gasteiger partial charge in [0.15, 0.2) is 0 Å². The fraction of sp³-hybridized carbons (Fsp3) is 0.667. The van der Waals surface area contributed by atoms with Gasteiger partial charge in [-0.15, -0.1) is 0 Å². The van der Waals surface area contributed by atoms with Gasteiger partial charge < -0.3 is 5.11 Å². The van der Waals surface area contributed by atoms with E-state index in [1.807, 2.05) is 20.8 Å². The third-order valence-electron chi connectivity index (χ3n) is 3.97. The average Bonchev–Trinajstić information content (AvgIpc) is 2.35. The second-order valence-electron chi connectivity index (χ2n) is 5.86. The van der Waals surface area contributed by atoms with Crippen LogP contribution in [0.1, 0.15) is 52.9 Å². The molecule has 1 N–H and O–H groups in total. The van der Waals surface area contributed by atoms with Crippen LogP contribution < -0.4 is 0 Å². The van der Waals surface area contributed by atoms with Crippen LogP contribution >= 0.6 is 0 Å². The summed E-state index contributed by atoms with van der Waals surface area (Å²) in [4.78, 5) is 35.8. The smallest absolute Gasteiger partial charge is 0.303 e. The lowest BCUT2D eigenvalue weighted by molar-refractivity contribution is -0.152. The highest BCUT2D eigenvalue weighted by Gasteiger charge is 2.38. The number of carbonyl (C=O) groups excluding carboxylic acids is 2. The van der Waals surface area contributed by atoms with E-state index in [0.717, 1.165) is 12.0 Å². The number of hydrogen-bond donors (Lipinski definition) is 1. The third-order valence-corrected chi connectivity index (χ3v) is 3.97. The Balaban J connectivity index is 2.60. The summed E-state index contributed by atoms with van der Waals surface area (Å²) in [5, 5.41) is 8.60. The van der Waals surface area contributed by atoms with Gasteiger partial charge in [0.05, 0.1) is 0 Å². The van der Waals surface area contributed by atoms with Crippen LogP contribution in [-0.4, -0.2) is 34.3 Å². The Labute approximate surface area is 119 Å². The number of allylic oxidation sites excluding steroid dienone is 1. The van der Waals surface area contributed by atoms with Gasteiger partial charge in [-0.2, -0.15) is 0 Å². The topological polar surface area (TPSA) is 74.7 Å². The predicted octanol–water partition coefficient (Wildman–Crippen LogP) is 2.36. The number of likely N-dealkylation sites (tertiary alicyclic amines) is 1. The summed E-state index contributed by atoms with van der Waals surface area (Å²) in [6.45, 7) is 6.03. The van der Waals surface area contributed by atoms with Crippen LogP contribution in [0, 0.1) is 5.41 Å². The van der Waals surface area contributed by atoms with Crippen molar-refractivity contribution in [3.63, 3.8) is 0 Å². The largest absolute Gasteiger partial charge is 0.481 e. The molecule has 0 bridgehead atoms. The Kier molecular flexibility index (Phi) is 5.48. The van der Waals surface area contributed by atoms with Crippen molar-refractivity contribution in [1.29, 1.82) is 0 Å². The van der Waals surface area contributed by atoms with Crippen LogP contribution in [0.5, 0.6) is 0 Å². The number of carbonyl (C=O) groups is 3. The first-order valence-electron chi connectivity index (χ1n) is 6.98. The molecule has 0 aliphatic carbocycles. The van der Waals surface area contributed by atoms with E-state index in [-0.39, 0.29) is 30.2 Å². The number of aliphatic carboxylic acids is 1. The number of rotatable bonds is 6. The first kappa shape index (κ1) is 16.4. The molecule has 0 unspecified atom stereocenters. The van der Waals surface area contributed by atoms with Gasteiger partial charge >= 0.3 is 5.97 Å². The summed E-state index contributed by atoms with van der Waals surface area (Å²) in [6.07, 6.45) is 3.89. The molecule has 1 heterocycles. The number of nitrogens with zero attached hydrogens (tertiary/aromatic N) is 1. The van der Waals surface area contributed by atoms with Crippen LogP contribution in [0.2, 0.25) is 0 Å². The molecule has 0 aromatic heterocycles. The van der Waals surface area contributed by atoms with E-state index in [9.17, 15) is 14.4 Å². The minimum absolute atomic E-state index is 0.0676. The number of hydrogen-bond acceptors (Lipinski definition) is 3. The zero-order valence-corrected chi connectivity index (χ0v) is 12.4. The summed E-state index contributed by atoms with van der Waals surface area (Å²) in [5.74, 6) is -1.11. The van der Waals surface area contributed by atoms with Crippen molar-refractivity contribution in [2.75, 3.05) is 6.54 Å². The number of imide groups is 1. The molecule has 1 saturated heterocycles. The van der Waals surface area contributed by atoms with Crippen molar-refractivity contribution < 1.29 is 19.5 Å². The summed E-state index contributed by atoms with van der Waals surface area (Å²) < 4.78 is 0. The highest BCUT2D eigenvalue weighted by atomic mass is 16.4. The van der Waals surface area contributed by atoms with Gasteiger partial charge in [0.25, 0.3) is 0 Å². The number of carboxylic acids is 1.